The van der Waals surface area contributed by atoms with Gasteiger partial charge in [-0.1, -0.05) is 60.7 Å². The van der Waals surface area contributed by atoms with Crippen molar-refractivity contribution in [1.29, 1.82) is 0 Å². The van der Waals surface area contributed by atoms with E-state index >= 15 is 0 Å². The van der Waals surface area contributed by atoms with Gasteiger partial charge >= 0.3 is 36.1 Å². The van der Waals surface area contributed by atoms with E-state index in [4.69, 9.17) is 19.3 Å². The lowest BCUT2D eigenvalue weighted by atomic mass is 10.1. The molecule has 14 heteroatoms. The van der Waals surface area contributed by atoms with Crippen molar-refractivity contribution < 1.29 is 57.6 Å². The molecule has 2 aromatic carbocycles. The van der Waals surface area contributed by atoms with Gasteiger partial charge in [-0.2, -0.15) is 0 Å². The molecule has 0 fully saturated rings. The Morgan fingerprint density at radius 3 is 1.43 bits per heavy atom. The summed E-state index contributed by atoms with van der Waals surface area (Å²) in [5.74, 6) is -2.89. The molecule has 0 aliphatic heterocycles. The third kappa shape index (κ3) is 17.9. The minimum atomic E-state index is -1.24. The average molecular weight is 647 g/mol. The van der Waals surface area contributed by atoms with E-state index in [0.29, 0.717) is 0 Å². The molecule has 3 N–H and O–H groups in total. The summed E-state index contributed by atoms with van der Waals surface area (Å²) in [6.07, 6.45) is -1.75. The maximum atomic E-state index is 12.2. The highest BCUT2D eigenvalue weighted by Gasteiger charge is 2.28. The Hall–Kier alpha value is -5.14. The van der Waals surface area contributed by atoms with Crippen LogP contribution in [0.3, 0.4) is 0 Å². The Morgan fingerprint density at radius 1 is 0.674 bits per heavy atom. The van der Waals surface area contributed by atoms with Gasteiger partial charge in [-0.05, 0) is 44.7 Å². The zero-order valence-electron chi connectivity index (χ0n) is 26.6. The van der Waals surface area contributed by atoms with Crippen LogP contribution < -0.4 is 10.6 Å². The molecule has 0 aliphatic rings. The number of ether oxygens (including phenoxy) is 5. The van der Waals surface area contributed by atoms with Gasteiger partial charge in [0, 0.05) is 12.8 Å². The van der Waals surface area contributed by atoms with Crippen LogP contribution >= 0.6 is 0 Å². The number of carboxylic acid groups (broad SMARTS) is 1. The van der Waals surface area contributed by atoms with Gasteiger partial charge in [0.15, 0.2) is 0 Å². The number of methoxy groups -OCH3 is 2. The second-order valence-corrected chi connectivity index (χ2v) is 10.6. The fraction of sp³-hybridized carbons (Fsp3) is 0.438. The van der Waals surface area contributed by atoms with Gasteiger partial charge in [0.25, 0.3) is 0 Å². The molecule has 14 nitrogen and oxygen atoms in total. The Bertz CT molecular complexity index is 1260. The zero-order chi connectivity index (χ0) is 34.5. The maximum Gasteiger partial charge on any atom is 0.408 e. The van der Waals surface area contributed by atoms with Crippen LogP contribution in [0.2, 0.25) is 0 Å². The predicted octanol–water partition coefficient (Wildman–Crippen LogP) is 3.90. The number of hydrogen-bond acceptors (Lipinski definition) is 11. The van der Waals surface area contributed by atoms with Gasteiger partial charge in [0.05, 0.1) is 14.2 Å². The number of nitrogens with one attached hydrogen (secondary N) is 2. The smallest absolute Gasteiger partial charge is 0.408 e. The van der Waals surface area contributed by atoms with Gasteiger partial charge < -0.3 is 39.4 Å². The molecule has 0 aliphatic carbocycles. The number of rotatable bonds is 14. The van der Waals surface area contributed by atoms with Crippen LogP contribution in [-0.2, 0) is 56.1 Å². The van der Waals surface area contributed by atoms with Crippen molar-refractivity contribution >= 4 is 36.1 Å². The molecule has 0 aromatic heterocycles. The molecular weight excluding hydrogens is 604 g/mol. The number of benzene rings is 2. The van der Waals surface area contributed by atoms with E-state index in [0.717, 1.165) is 11.1 Å². The van der Waals surface area contributed by atoms with Crippen LogP contribution in [0.25, 0.3) is 0 Å². The first-order chi connectivity index (χ1) is 21.7. The quantitative estimate of drug-likeness (QED) is 0.198. The summed E-state index contributed by atoms with van der Waals surface area (Å²) in [5.41, 5.74) is 0.895. The largest absolute Gasteiger partial charge is 0.480 e. The van der Waals surface area contributed by atoms with Crippen molar-refractivity contribution in [3.05, 3.63) is 71.8 Å². The van der Waals surface area contributed by atoms with Crippen molar-refractivity contribution in [3.8, 4) is 0 Å². The summed E-state index contributed by atoms with van der Waals surface area (Å²) in [6.45, 7) is 5.27. The lowest BCUT2D eigenvalue weighted by molar-refractivity contribution is -0.157. The summed E-state index contributed by atoms with van der Waals surface area (Å²) in [6, 6.07) is 15.9. The van der Waals surface area contributed by atoms with Crippen LogP contribution in [-0.4, -0.2) is 73.1 Å². The molecule has 252 valence electrons. The third-order valence-electron chi connectivity index (χ3n) is 5.73. The van der Waals surface area contributed by atoms with E-state index in [9.17, 15) is 28.8 Å². The normalized spacial score (nSPS) is 11.7. The zero-order valence-corrected chi connectivity index (χ0v) is 26.6. The summed E-state index contributed by atoms with van der Waals surface area (Å²) in [4.78, 5) is 69.0. The SMILES string of the molecule is COC(=O)CC[C@H](NC(=O)OCc1ccccc1)C(=O)O.COC(=O)CC[C@H](NC(=O)OCc1ccccc1)C(=O)OC(C)(C)C. The van der Waals surface area contributed by atoms with Gasteiger partial charge in [-0.15, -0.1) is 0 Å². The molecule has 2 atom stereocenters. The van der Waals surface area contributed by atoms with Gasteiger partial charge in [0.2, 0.25) is 0 Å². The van der Waals surface area contributed by atoms with E-state index < -0.39 is 53.7 Å². The summed E-state index contributed by atoms with van der Waals surface area (Å²) in [7, 11) is 2.46. The van der Waals surface area contributed by atoms with Crippen LogP contribution in [0.15, 0.2) is 60.7 Å². The Morgan fingerprint density at radius 2 is 1.07 bits per heavy atom. The van der Waals surface area contributed by atoms with Crippen molar-refractivity contribution in [3.63, 3.8) is 0 Å². The van der Waals surface area contributed by atoms with Gasteiger partial charge in [0.1, 0.15) is 30.9 Å². The highest BCUT2D eigenvalue weighted by atomic mass is 16.6. The molecule has 2 amide bonds. The molecule has 0 unspecified atom stereocenters. The molecule has 0 saturated heterocycles. The summed E-state index contributed by atoms with van der Waals surface area (Å²) in [5, 5.41) is 13.6. The Labute approximate surface area is 267 Å². The highest BCUT2D eigenvalue weighted by Crippen LogP contribution is 2.12. The minimum Gasteiger partial charge on any atom is -0.480 e. The number of alkyl carbamates (subject to hydrolysis) is 2. The topological polar surface area (TPSA) is 193 Å². The van der Waals surface area contributed by atoms with Gasteiger partial charge in [-0.3, -0.25) is 9.59 Å². The van der Waals surface area contributed by atoms with E-state index in [1.165, 1.54) is 14.2 Å². The van der Waals surface area contributed by atoms with E-state index in [1.54, 1.807) is 45.0 Å². The number of hydrogen-bond donors (Lipinski definition) is 3. The minimum absolute atomic E-state index is 0.0284. The fourth-order valence-electron chi connectivity index (χ4n) is 3.42. The maximum absolute atomic E-state index is 12.2. The monoisotopic (exact) mass is 646 g/mol. The third-order valence-corrected chi connectivity index (χ3v) is 5.73. The first kappa shape index (κ1) is 38.9. The molecule has 2 rings (SSSR count). The second-order valence-electron chi connectivity index (χ2n) is 10.6. The standard InChI is InChI=1S/C18H25NO6.C14H17NO6/c1-18(2,3)25-16(21)14(10-11-15(20)23-4)19-17(22)24-12-13-8-6-5-7-9-13;1-20-12(16)8-7-11(13(17)18)15-14(19)21-9-10-5-3-2-4-6-10/h5-9,14H,10-12H2,1-4H3,(H,19,22);2-6,11H,7-9H2,1H3,(H,15,19)(H,17,18)/t14-;11-/m00/s1. The van der Waals surface area contributed by atoms with Crippen molar-refractivity contribution in [2.45, 2.75) is 77.4 Å². The lowest BCUT2D eigenvalue weighted by Crippen LogP contribution is -2.44. The lowest BCUT2D eigenvalue weighted by Gasteiger charge is -2.24. The number of carbonyl (C=O) groups excluding carboxylic acids is 5. The second kappa shape index (κ2) is 20.7. The Kier molecular flexibility index (Phi) is 17.5. The molecule has 0 saturated carbocycles. The molecular formula is C32H42N2O12. The predicted molar refractivity (Wildman–Crippen MR) is 163 cm³/mol. The number of amides is 2. The molecule has 0 heterocycles. The molecule has 0 bridgehead atoms. The van der Waals surface area contributed by atoms with Crippen molar-refractivity contribution in [1.82, 2.24) is 10.6 Å². The van der Waals surface area contributed by atoms with Gasteiger partial charge in [-0.25, -0.2) is 19.2 Å². The molecule has 0 radical (unpaired) electrons. The molecule has 46 heavy (non-hydrogen) atoms. The number of aliphatic carboxylic acids is 1. The van der Waals surface area contributed by atoms with Crippen LogP contribution in [0.1, 0.15) is 57.6 Å². The highest BCUT2D eigenvalue weighted by molar-refractivity contribution is 5.82. The summed E-state index contributed by atoms with van der Waals surface area (Å²) < 4.78 is 24.2. The van der Waals surface area contributed by atoms with Crippen LogP contribution in [0.5, 0.6) is 0 Å². The number of carbonyl (C=O) groups is 6. The fourth-order valence-corrected chi connectivity index (χ4v) is 3.42. The first-order valence-electron chi connectivity index (χ1n) is 14.3. The number of carboxylic acids is 1. The average Bonchev–Trinajstić information content (AvgIpc) is 3.02. The Balaban J connectivity index is 0.000000467. The van der Waals surface area contributed by atoms with E-state index in [1.807, 2.05) is 36.4 Å². The van der Waals surface area contributed by atoms with E-state index in [2.05, 4.69) is 20.1 Å². The van der Waals surface area contributed by atoms with Crippen LogP contribution in [0, 0.1) is 0 Å². The van der Waals surface area contributed by atoms with Crippen molar-refractivity contribution in [2.24, 2.45) is 0 Å². The first-order valence-corrected chi connectivity index (χ1v) is 14.3. The van der Waals surface area contributed by atoms with Crippen molar-refractivity contribution in [2.75, 3.05) is 14.2 Å². The molecule has 0 spiro atoms. The van der Waals surface area contributed by atoms with Crippen LogP contribution in [0.4, 0.5) is 9.59 Å². The molecule has 2 aromatic rings. The summed E-state index contributed by atoms with van der Waals surface area (Å²) >= 11 is 0. The number of esters is 3. The van der Waals surface area contributed by atoms with E-state index in [-0.39, 0.29) is 38.9 Å².